The Labute approximate surface area is 196 Å². The molecule has 0 spiro atoms. The van der Waals surface area contributed by atoms with Crippen LogP contribution in [0.1, 0.15) is 30.7 Å². The van der Waals surface area contributed by atoms with Crippen molar-refractivity contribution in [3.05, 3.63) is 42.5 Å². The van der Waals surface area contributed by atoms with Crippen molar-refractivity contribution in [3.63, 3.8) is 0 Å². The quantitative estimate of drug-likeness (QED) is 0.257. The van der Waals surface area contributed by atoms with Crippen molar-refractivity contribution >= 4 is 47.4 Å². The number of amides is 2. The number of benzene rings is 1. The first kappa shape index (κ1) is 24.2. The first-order valence-electron chi connectivity index (χ1n) is 10.2. The number of fused-ring (bicyclic) bond motifs is 1. The van der Waals surface area contributed by atoms with Gasteiger partial charge >= 0.3 is 0 Å². The Morgan fingerprint density at radius 2 is 2.13 bits per heavy atom. The molecule has 1 N–H and O–H groups in total. The lowest BCUT2D eigenvalue weighted by molar-refractivity contribution is -0.128. The van der Waals surface area contributed by atoms with E-state index >= 15 is 0 Å². The van der Waals surface area contributed by atoms with E-state index in [1.807, 2.05) is 11.0 Å². The van der Waals surface area contributed by atoms with Crippen LogP contribution in [0.15, 0.2) is 41.9 Å². The second kappa shape index (κ2) is 11.3. The standard InChI is InChI=1S/C22H31N5O2.HI/c1-4-12-23-22(24-15-21(29)25(2)3)27-16-17(18-8-5-6-9-19(18)27)11-14-26-13-7-10-20(26)28;/h4-6,8-9,17H,1,7,10-16H2,2-3H3,(H,23,24);1H. The predicted octanol–water partition coefficient (Wildman–Crippen LogP) is 2.44. The number of nitrogens with one attached hydrogen (secondary N) is 1. The normalized spacial score (nSPS) is 18.1. The Balaban J connectivity index is 0.00000320. The molecule has 0 aromatic heterocycles. The largest absolute Gasteiger partial charge is 0.352 e. The summed E-state index contributed by atoms with van der Waals surface area (Å²) in [4.78, 5) is 34.3. The molecule has 0 bridgehead atoms. The number of hydrogen-bond donors (Lipinski definition) is 1. The number of carbonyl (C=O) groups excluding carboxylic acids is 2. The van der Waals surface area contributed by atoms with Gasteiger partial charge in [-0.2, -0.15) is 0 Å². The van der Waals surface area contributed by atoms with Gasteiger partial charge in [0.25, 0.3) is 0 Å². The molecule has 1 saturated heterocycles. The molecule has 2 amide bonds. The molecule has 1 fully saturated rings. The van der Waals surface area contributed by atoms with Gasteiger partial charge in [0.2, 0.25) is 11.8 Å². The van der Waals surface area contributed by atoms with Crippen molar-refractivity contribution in [2.75, 3.05) is 51.7 Å². The number of guanidine groups is 1. The molecule has 2 aliphatic heterocycles. The highest BCUT2D eigenvalue weighted by Gasteiger charge is 2.32. The number of aliphatic imine (C=N–C) groups is 1. The van der Waals surface area contributed by atoms with Gasteiger partial charge in [-0.1, -0.05) is 24.3 Å². The highest BCUT2D eigenvalue weighted by molar-refractivity contribution is 14.0. The maximum Gasteiger partial charge on any atom is 0.243 e. The summed E-state index contributed by atoms with van der Waals surface area (Å²) in [6, 6.07) is 8.32. The molecule has 1 atom stereocenters. The lowest BCUT2D eigenvalue weighted by Crippen LogP contribution is -2.42. The highest BCUT2D eigenvalue weighted by atomic mass is 127. The molecule has 3 rings (SSSR count). The molecule has 7 nitrogen and oxygen atoms in total. The molecule has 30 heavy (non-hydrogen) atoms. The number of likely N-dealkylation sites (N-methyl/N-ethyl adjacent to an activating group) is 1. The van der Waals surface area contributed by atoms with Gasteiger partial charge in [-0.05, 0) is 24.5 Å². The molecular formula is C22H32IN5O2. The lowest BCUT2D eigenvalue weighted by Gasteiger charge is -2.23. The predicted molar refractivity (Wildman–Crippen MR) is 132 cm³/mol. The first-order chi connectivity index (χ1) is 14.0. The molecule has 1 unspecified atom stereocenters. The van der Waals surface area contributed by atoms with E-state index in [1.54, 1.807) is 25.1 Å². The summed E-state index contributed by atoms with van der Waals surface area (Å²) in [6.45, 7) is 6.88. The molecular weight excluding hydrogens is 493 g/mol. The second-order valence-corrected chi connectivity index (χ2v) is 7.74. The van der Waals surface area contributed by atoms with Crippen molar-refractivity contribution in [1.82, 2.24) is 15.1 Å². The van der Waals surface area contributed by atoms with Crippen LogP contribution in [0.4, 0.5) is 5.69 Å². The summed E-state index contributed by atoms with van der Waals surface area (Å²) in [5.74, 6) is 1.23. The van der Waals surface area contributed by atoms with E-state index < -0.39 is 0 Å². The van der Waals surface area contributed by atoms with Crippen molar-refractivity contribution in [1.29, 1.82) is 0 Å². The van der Waals surface area contributed by atoms with Crippen molar-refractivity contribution in [3.8, 4) is 0 Å². The number of halogens is 1. The molecule has 164 valence electrons. The minimum atomic E-state index is -0.0421. The van der Waals surface area contributed by atoms with Crippen LogP contribution in [0.2, 0.25) is 0 Å². The van der Waals surface area contributed by atoms with Crippen LogP contribution >= 0.6 is 24.0 Å². The van der Waals surface area contributed by atoms with Crippen molar-refractivity contribution < 1.29 is 9.59 Å². The molecule has 0 aliphatic carbocycles. The van der Waals surface area contributed by atoms with Crippen LogP contribution in [0.5, 0.6) is 0 Å². The first-order valence-corrected chi connectivity index (χ1v) is 10.2. The number of rotatable bonds is 7. The topological polar surface area (TPSA) is 68.2 Å². The average Bonchev–Trinajstić information content (AvgIpc) is 3.29. The summed E-state index contributed by atoms with van der Waals surface area (Å²) in [5, 5.41) is 3.29. The van der Waals surface area contributed by atoms with Crippen LogP contribution < -0.4 is 10.2 Å². The van der Waals surface area contributed by atoms with Gasteiger partial charge in [0, 0.05) is 58.3 Å². The zero-order valence-corrected chi connectivity index (χ0v) is 20.2. The van der Waals surface area contributed by atoms with E-state index in [4.69, 9.17) is 0 Å². The van der Waals surface area contributed by atoms with Gasteiger partial charge in [0.1, 0.15) is 6.54 Å². The molecule has 1 aromatic carbocycles. The fourth-order valence-electron chi connectivity index (χ4n) is 3.88. The summed E-state index contributed by atoms with van der Waals surface area (Å²) in [7, 11) is 3.46. The van der Waals surface area contributed by atoms with E-state index in [0.29, 0.717) is 24.8 Å². The average molecular weight is 525 g/mol. The molecule has 2 heterocycles. The van der Waals surface area contributed by atoms with Crippen LogP contribution in [-0.2, 0) is 9.59 Å². The highest BCUT2D eigenvalue weighted by Crippen LogP contribution is 2.38. The van der Waals surface area contributed by atoms with Crippen molar-refractivity contribution in [2.45, 2.75) is 25.2 Å². The number of para-hydroxylation sites is 1. The summed E-state index contributed by atoms with van der Waals surface area (Å²) in [6.07, 6.45) is 4.34. The minimum Gasteiger partial charge on any atom is -0.352 e. The summed E-state index contributed by atoms with van der Waals surface area (Å²) < 4.78 is 0. The Morgan fingerprint density at radius 1 is 1.37 bits per heavy atom. The maximum absolute atomic E-state index is 12.0. The van der Waals surface area contributed by atoms with Crippen LogP contribution in [0.25, 0.3) is 0 Å². The third-order valence-electron chi connectivity index (χ3n) is 5.51. The number of anilines is 1. The van der Waals surface area contributed by atoms with Crippen LogP contribution in [0.3, 0.4) is 0 Å². The van der Waals surface area contributed by atoms with Gasteiger partial charge in [-0.15, -0.1) is 30.6 Å². The Bertz CT molecular complexity index is 795. The Morgan fingerprint density at radius 3 is 2.80 bits per heavy atom. The zero-order valence-electron chi connectivity index (χ0n) is 17.8. The van der Waals surface area contributed by atoms with E-state index in [1.165, 1.54) is 5.56 Å². The van der Waals surface area contributed by atoms with Crippen LogP contribution in [0, 0.1) is 0 Å². The minimum absolute atomic E-state index is 0. The maximum atomic E-state index is 12.0. The van der Waals surface area contributed by atoms with Gasteiger partial charge in [-0.3, -0.25) is 9.59 Å². The van der Waals surface area contributed by atoms with E-state index in [0.717, 1.165) is 38.2 Å². The van der Waals surface area contributed by atoms with Gasteiger partial charge in [0.15, 0.2) is 5.96 Å². The molecule has 1 aromatic rings. The summed E-state index contributed by atoms with van der Waals surface area (Å²) in [5.41, 5.74) is 2.38. The van der Waals surface area contributed by atoms with Crippen LogP contribution in [-0.4, -0.2) is 74.4 Å². The van der Waals surface area contributed by atoms with E-state index in [2.05, 4.69) is 40.0 Å². The molecule has 0 radical (unpaired) electrons. The Hall–Kier alpha value is -2.10. The summed E-state index contributed by atoms with van der Waals surface area (Å²) >= 11 is 0. The van der Waals surface area contributed by atoms with E-state index in [9.17, 15) is 9.59 Å². The third kappa shape index (κ3) is 5.74. The van der Waals surface area contributed by atoms with Gasteiger partial charge in [0.05, 0.1) is 0 Å². The van der Waals surface area contributed by atoms with Crippen molar-refractivity contribution in [2.24, 2.45) is 4.99 Å². The number of likely N-dealkylation sites (tertiary alicyclic amines) is 1. The Kier molecular flexibility index (Phi) is 9.13. The SMILES string of the molecule is C=CCNC(=NCC(=O)N(C)C)N1CC(CCN2CCCC2=O)c2ccccc21.I. The third-order valence-corrected chi connectivity index (χ3v) is 5.51. The number of nitrogens with zero attached hydrogens (tertiary/aromatic N) is 4. The van der Waals surface area contributed by atoms with Gasteiger partial charge in [-0.25, -0.2) is 4.99 Å². The van der Waals surface area contributed by atoms with Gasteiger partial charge < -0.3 is 20.0 Å². The molecule has 8 heteroatoms. The lowest BCUT2D eigenvalue weighted by atomic mass is 9.98. The number of hydrogen-bond acceptors (Lipinski definition) is 3. The monoisotopic (exact) mass is 525 g/mol. The molecule has 2 aliphatic rings. The van der Waals surface area contributed by atoms with E-state index in [-0.39, 0.29) is 42.3 Å². The zero-order chi connectivity index (χ0) is 20.8. The fourth-order valence-corrected chi connectivity index (χ4v) is 3.88. The molecule has 0 saturated carbocycles. The smallest absolute Gasteiger partial charge is 0.243 e. The number of carbonyl (C=O) groups is 2. The second-order valence-electron chi connectivity index (χ2n) is 7.74. The fraction of sp³-hybridized carbons (Fsp3) is 0.500.